The van der Waals surface area contributed by atoms with Gasteiger partial charge in [-0.05, 0) is 31.4 Å². The van der Waals surface area contributed by atoms with E-state index in [1.807, 2.05) is 45.8 Å². The van der Waals surface area contributed by atoms with Crippen LogP contribution in [0.1, 0.15) is 30.9 Å². The maximum atomic E-state index is 12.3. The zero-order chi connectivity index (χ0) is 14.7. The number of carbonyl (C=O) groups excluding carboxylic acids is 1. The van der Waals surface area contributed by atoms with E-state index in [0.717, 1.165) is 31.5 Å². The number of hydrogen-bond acceptors (Lipinski definition) is 3. The predicted octanol–water partition coefficient (Wildman–Crippen LogP) is 1.64. The largest absolute Gasteiger partial charge is 0.340 e. The van der Waals surface area contributed by atoms with Crippen molar-refractivity contribution in [2.75, 3.05) is 13.1 Å². The van der Waals surface area contributed by atoms with Gasteiger partial charge in [0.15, 0.2) is 0 Å². The summed E-state index contributed by atoms with van der Waals surface area (Å²) in [7, 11) is 0. The van der Waals surface area contributed by atoms with Gasteiger partial charge < -0.3 is 4.90 Å². The summed E-state index contributed by atoms with van der Waals surface area (Å²) in [5.74, 6) is 0.208. The van der Waals surface area contributed by atoms with Gasteiger partial charge in [-0.2, -0.15) is 10.2 Å². The van der Waals surface area contributed by atoms with Gasteiger partial charge in [0.1, 0.15) is 0 Å². The predicted molar refractivity (Wildman–Crippen MR) is 78.7 cm³/mol. The smallest absolute Gasteiger partial charge is 0.224 e. The zero-order valence-corrected chi connectivity index (χ0v) is 12.4. The molecule has 0 bridgehead atoms. The maximum absolute atomic E-state index is 12.3. The highest BCUT2D eigenvalue weighted by Crippen LogP contribution is 2.21. The first-order chi connectivity index (χ1) is 10.2. The van der Waals surface area contributed by atoms with Crippen LogP contribution in [-0.2, 0) is 11.3 Å². The second kappa shape index (κ2) is 6.11. The average Bonchev–Trinajstić information content (AvgIpc) is 3.16. The molecule has 0 unspecified atom stereocenters. The molecule has 1 fully saturated rings. The topological polar surface area (TPSA) is 56.0 Å². The van der Waals surface area contributed by atoms with E-state index in [4.69, 9.17) is 0 Å². The molecule has 0 aromatic carbocycles. The first-order valence-corrected chi connectivity index (χ1v) is 7.48. The number of likely N-dealkylation sites (tertiary alicyclic amines) is 1. The Morgan fingerprint density at radius 3 is 3.05 bits per heavy atom. The number of hydrogen-bond donors (Lipinski definition) is 0. The number of rotatable bonds is 4. The average molecular weight is 287 g/mol. The summed E-state index contributed by atoms with van der Waals surface area (Å²) in [6.07, 6.45) is 10.2. The van der Waals surface area contributed by atoms with E-state index < -0.39 is 0 Å². The number of carbonyl (C=O) groups is 1. The molecule has 2 aromatic heterocycles. The van der Waals surface area contributed by atoms with E-state index in [2.05, 4.69) is 10.2 Å². The second-order valence-electron chi connectivity index (χ2n) is 5.65. The summed E-state index contributed by atoms with van der Waals surface area (Å²) < 4.78 is 3.80. The van der Waals surface area contributed by atoms with Crippen LogP contribution in [-0.4, -0.2) is 43.5 Å². The molecule has 6 nitrogen and oxygen atoms in total. The van der Waals surface area contributed by atoms with Crippen molar-refractivity contribution in [3.05, 3.63) is 36.4 Å². The zero-order valence-electron chi connectivity index (χ0n) is 12.4. The molecule has 21 heavy (non-hydrogen) atoms. The van der Waals surface area contributed by atoms with Crippen LogP contribution in [0.2, 0.25) is 0 Å². The van der Waals surface area contributed by atoms with Crippen LogP contribution in [0.25, 0.3) is 0 Å². The number of aromatic nitrogens is 4. The first-order valence-electron chi connectivity index (χ1n) is 7.48. The van der Waals surface area contributed by atoms with Crippen molar-refractivity contribution in [1.29, 1.82) is 0 Å². The van der Waals surface area contributed by atoms with Gasteiger partial charge in [-0.1, -0.05) is 0 Å². The van der Waals surface area contributed by atoms with Gasteiger partial charge in [-0.3, -0.25) is 14.2 Å². The number of nitrogens with zero attached hydrogens (tertiary/aromatic N) is 5. The van der Waals surface area contributed by atoms with Crippen LogP contribution in [0.4, 0.5) is 0 Å². The molecule has 1 saturated heterocycles. The van der Waals surface area contributed by atoms with Gasteiger partial charge >= 0.3 is 0 Å². The third kappa shape index (κ3) is 3.32. The van der Waals surface area contributed by atoms with Gasteiger partial charge in [0.05, 0.1) is 12.2 Å². The van der Waals surface area contributed by atoms with Crippen LogP contribution in [0, 0.1) is 6.92 Å². The number of piperidine rings is 1. The second-order valence-corrected chi connectivity index (χ2v) is 5.65. The lowest BCUT2D eigenvalue weighted by Crippen LogP contribution is -2.41. The molecule has 0 N–H and O–H groups in total. The fraction of sp³-hybridized carbons (Fsp3) is 0.533. The molecular weight excluding hydrogens is 266 g/mol. The Hall–Kier alpha value is -2.11. The minimum absolute atomic E-state index is 0.208. The van der Waals surface area contributed by atoms with Crippen LogP contribution in [0.5, 0.6) is 0 Å². The maximum Gasteiger partial charge on any atom is 0.224 e. The molecule has 1 atom stereocenters. The molecular formula is C15H21N5O. The van der Waals surface area contributed by atoms with Crippen molar-refractivity contribution in [2.24, 2.45) is 0 Å². The SMILES string of the molecule is Cc1cnn(CCC(=O)N2CCC[C@@H](n3cccn3)C2)c1. The molecule has 1 aliphatic rings. The molecule has 0 saturated carbocycles. The minimum Gasteiger partial charge on any atom is -0.340 e. The highest BCUT2D eigenvalue weighted by Gasteiger charge is 2.24. The Morgan fingerprint density at radius 1 is 1.43 bits per heavy atom. The third-order valence-electron chi connectivity index (χ3n) is 3.97. The summed E-state index contributed by atoms with van der Waals surface area (Å²) in [6, 6.07) is 2.24. The molecule has 1 amide bonds. The van der Waals surface area contributed by atoms with Crippen molar-refractivity contribution < 1.29 is 4.79 Å². The Bertz CT molecular complexity index is 589. The molecule has 112 valence electrons. The normalized spacial score (nSPS) is 18.9. The van der Waals surface area contributed by atoms with E-state index in [1.54, 1.807) is 6.20 Å². The van der Waals surface area contributed by atoms with Gasteiger partial charge in [0.25, 0.3) is 0 Å². The summed E-state index contributed by atoms with van der Waals surface area (Å²) >= 11 is 0. The molecule has 6 heteroatoms. The highest BCUT2D eigenvalue weighted by molar-refractivity contribution is 5.76. The van der Waals surface area contributed by atoms with E-state index in [9.17, 15) is 4.79 Å². The summed E-state index contributed by atoms with van der Waals surface area (Å²) in [6.45, 7) is 4.27. The molecule has 0 radical (unpaired) electrons. The summed E-state index contributed by atoms with van der Waals surface area (Å²) in [5.41, 5.74) is 1.12. The fourth-order valence-corrected chi connectivity index (χ4v) is 2.85. The van der Waals surface area contributed by atoms with E-state index in [0.29, 0.717) is 19.0 Å². The van der Waals surface area contributed by atoms with Gasteiger partial charge in [0, 0.05) is 44.6 Å². The highest BCUT2D eigenvalue weighted by atomic mass is 16.2. The van der Waals surface area contributed by atoms with Crippen molar-refractivity contribution in [3.63, 3.8) is 0 Å². The Labute approximate surface area is 124 Å². The minimum atomic E-state index is 0.208. The van der Waals surface area contributed by atoms with Gasteiger partial charge in [0.2, 0.25) is 5.91 Å². The van der Waals surface area contributed by atoms with E-state index in [1.165, 1.54) is 0 Å². The Morgan fingerprint density at radius 2 is 2.33 bits per heavy atom. The van der Waals surface area contributed by atoms with E-state index >= 15 is 0 Å². The molecule has 3 rings (SSSR count). The van der Waals surface area contributed by atoms with Gasteiger partial charge in [-0.15, -0.1) is 0 Å². The van der Waals surface area contributed by atoms with Crippen LogP contribution in [0.3, 0.4) is 0 Å². The van der Waals surface area contributed by atoms with Crippen LogP contribution in [0.15, 0.2) is 30.9 Å². The lowest BCUT2D eigenvalue weighted by Gasteiger charge is -2.33. The van der Waals surface area contributed by atoms with E-state index in [-0.39, 0.29) is 5.91 Å². The first kappa shape index (κ1) is 13.9. The monoisotopic (exact) mass is 287 g/mol. The fourth-order valence-electron chi connectivity index (χ4n) is 2.85. The molecule has 3 heterocycles. The van der Waals surface area contributed by atoms with Crippen LogP contribution >= 0.6 is 0 Å². The van der Waals surface area contributed by atoms with Crippen molar-refractivity contribution in [1.82, 2.24) is 24.5 Å². The van der Waals surface area contributed by atoms with Crippen molar-refractivity contribution in [3.8, 4) is 0 Å². The lowest BCUT2D eigenvalue weighted by atomic mass is 10.1. The molecule has 0 aliphatic carbocycles. The third-order valence-corrected chi connectivity index (χ3v) is 3.97. The lowest BCUT2D eigenvalue weighted by molar-refractivity contribution is -0.133. The van der Waals surface area contributed by atoms with Gasteiger partial charge in [-0.25, -0.2) is 0 Å². The number of aryl methyl sites for hydroxylation is 2. The summed E-state index contributed by atoms with van der Waals surface area (Å²) in [5, 5.41) is 8.51. The number of amides is 1. The Kier molecular flexibility index (Phi) is 4.03. The van der Waals surface area contributed by atoms with Crippen molar-refractivity contribution >= 4 is 5.91 Å². The molecule has 2 aromatic rings. The van der Waals surface area contributed by atoms with Crippen molar-refractivity contribution in [2.45, 2.75) is 38.8 Å². The quantitative estimate of drug-likeness (QED) is 0.859. The molecule has 1 aliphatic heterocycles. The Balaban J connectivity index is 1.54. The standard InChI is InChI=1S/C15H21N5O/c1-13-10-17-19(11-13)9-5-15(21)18-7-2-4-14(12-18)20-8-3-6-16-20/h3,6,8,10-11,14H,2,4-5,7,9,12H2,1H3/t14-/m1/s1. The molecule has 0 spiro atoms. The van der Waals surface area contributed by atoms with Crippen LogP contribution < -0.4 is 0 Å². The summed E-state index contributed by atoms with van der Waals surface area (Å²) in [4.78, 5) is 14.3.